The van der Waals surface area contributed by atoms with Crippen LogP contribution >= 0.6 is 24.0 Å². The quantitative estimate of drug-likeness (QED) is 0.350. The highest BCUT2D eigenvalue weighted by atomic mass is 127. The van der Waals surface area contributed by atoms with Crippen molar-refractivity contribution < 1.29 is 9.32 Å². The largest absolute Gasteiger partial charge is 0.361 e. The number of aromatic nitrogens is 1. The van der Waals surface area contributed by atoms with Crippen LogP contribution in [0.15, 0.2) is 9.52 Å². The normalized spacial score (nSPS) is 12.3. The van der Waals surface area contributed by atoms with Gasteiger partial charge in [0, 0.05) is 32.1 Å². The molecule has 7 nitrogen and oxygen atoms in total. The van der Waals surface area contributed by atoms with E-state index in [1.807, 2.05) is 6.92 Å². The fourth-order valence-corrected chi connectivity index (χ4v) is 2.08. The van der Waals surface area contributed by atoms with E-state index in [4.69, 9.17) is 4.52 Å². The molecule has 0 aliphatic rings. The minimum Gasteiger partial charge on any atom is -0.361 e. The zero-order valence-corrected chi connectivity index (χ0v) is 18.5. The van der Waals surface area contributed by atoms with Gasteiger partial charge in [-0.25, -0.2) is 4.99 Å². The van der Waals surface area contributed by atoms with Crippen LogP contribution in [-0.2, 0) is 24.2 Å². The zero-order chi connectivity index (χ0) is 18.1. The third-order valence-electron chi connectivity index (χ3n) is 3.90. The number of rotatable bonds is 8. The molecule has 0 aliphatic carbocycles. The Morgan fingerprint density at radius 2 is 1.96 bits per heavy atom. The molecule has 8 heteroatoms. The number of aliphatic imine (C=N–C) groups is 1. The zero-order valence-electron chi connectivity index (χ0n) is 16.2. The van der Waals surface area contributed by atoms with Crippen LogP contribution in [0.5, 0.6) is 0 Å². The standard InChI is InChI=1S/C17H31N5O2.HI/c1-7-12(4)20-17(19-11-16(23)22(5)6)18-10-13-14(8-2)21-24-15(13)9-3;/h12H,7-11H2,1-6H3,(H2,18,19,20);1H. The molecule has 0 bridgehead atoms. The molecule has 0 radical (unpaired) electrons. The molecule has 0 aliphatic heterocycles. The van der Waals surface area contributed by atoms with Gasteiger partial charge in [-0.05, 0) is 19.8 Å². The van der Waals surface area contributed by atoms with Gasteiger partial charge in [0.05, 0.1) is 18.8 Å². The highest BCUT2D eigenvalue weighted by Gasteiger charge is 2.14. The first-order valence-corrected chi connectivity index (χ1v) is 8.64. The Morgan fingerprint density at radius 3 is 2.48 bits per heavy atom. The van der Waals surface area contributed by atoms with Crippen molar-refractivity contribution in [1.29, 1.82) is 0 Å². The SMILES string of the molecule is CCc1noc(CC)c1CN=C(NCC(=O)N(C)C)NC(C)CC.I. The van der Waals surface area contributed by atoms with E-state index in [2.05, 4.69) is 41.6 Å². The van der Waals surface area contributed by atoms with Crippen LogP contribution in [0.1, 0.15) is 51.1 Å². The van der Waals surface area contributed by atoms with Gasteiger partial charge in [-0.15, -0.1) is 24.0 Å². The summed E-state index contributed by atoms with van der Waals surface area (Å²) in [5.74, 6) is 1.51. The number of aryl methyl sites for hydroxylation is 2. The van der Waals surface area contributed by atoms with Gasteiger partial charge in [0.25, 0.3) is 0 Å². The lowest BCUT2D eigenvalue weighted by Gasteiger charge is -2.18. The molecule has 1 aromatic heterocycles. The van der Waals surface area contributed by atoms with E-state index in [-0.39, 0.29) is 42.5 Å². The number of carbonyl (C=O) groups is 1. The summed E-state index contributed by atoms with van der Waals surface area (Å²) in [4.78, 5) is 18.0. The van der Waals surface area contributed by atoms with Crippen molar-refractivity contribution >= 4 is 35.8 Å². The lowest BCUT2D eigenvalue weighted by molar-refractivity contribution is -0.127. The number of nitrogens with zero attached hydrogens (tertiary/aromatic N) is 3. The average molecular weight is 465 g/mol. The van der Waals surface area contributed by atoms with E-state index in [1.54, 1.807) is 19.0 Å². The van der Waals surface area contributed by atoms with Gasteiger partial charge in [0.1, 0.15) is 5.76 Å². The van der Waals surface area contributed by atoms with Crippen molar-refractivity contribution in [2.45, 2.75) is 59.5 Å². The molecule has 2 N–H and O–H groups in total. The number of amides is 1. The average Bonchev–Trinajstić information content (AvgIpc) is 2.98. The molecule has 1 atom stereocenters. The van der Waals surface area contributed by atoms with Gasteiger partial charge in [-0.1, -0.05) is 25.9 Å². The second kappa shape index (κ2) is 12.1. The van der Waals surface area contributed by atoms with Crippen molar-refractivity contribution in [3.63, 3.8) is 0 Å². The van der Waals surface area contributed by atoms with Gasteiger partial charge >= 0.3 is 0 Å². The van der Waals surface area contributed by atoms with Crippen molar-refractivity contribution in [2.24, 2.45) is 4.99 Å². The molecule has 1 amide bonds. The fourth-order valence-electron chi connectivity index (χ4n) is 2.08. The third-order valence-corrected chi connectivity index (χ3v) is 3.90. The first kappa shape index (κ1) is 23.7. The summed E-state index contributed by atoms with van der Waals surface area (Å²) in [6, 6.07) is 0.268. The van der Waals surface area contributed by atoms with E-state index in [1.165, 1.54) is 0 Å². The van der Waals surface area contributed by atoms with Gasteiger partial charge < -0.3 is 20.1 Å². The Bertz CT molecular complexity index is 536. The lowest BCUT2D eigenvalue weighted by atomic mass is 10.1. The first-order valence-electron chi connectivity index (χ1n) is 8.64. The van der Waals surface area contributed by atoms with Crippen molar-refractivity contribution in [1.82, 2.24) is 20.7 Å². The monoisotopic (exact) mass is 465 g/mol. The van der Waals surface area contributed by atoms with Crippen LogP contribution in [0.2, 0.25) is 0 Å². The predicted molar refractivity (Wildman–Crippen MR) is 111 cm³/mol. The summed E-state index contributed by atoms with van der Waals surface area (Å²) in [5, 5.41) is 10.5. The molecule has 0 saturated heterocycles. The minimum absolute atomic E-state index is 0. The Morgan fingerprint density at radius 1 is 1.28 bits per heavy atom. The Hall–Kier alpha value is -1.32. The topological polar surface area (TPSA) is 82.8 Å². The minimum atomic E-state index is 0. The first-order chi connectivity index (χ1) is 11.4. The highest BCUT2D eigenvalue weighted by molar-refractivity contribution is 14.0. The molecule has 25 heavy (non-hydrogen) atoms. The van der Waals surface area contributed by atoms with E-state index >= 15 is 0 Å². The molecule has 0 spiro atoms. The fraction of sp³-hybridized carbons (Fsp3) is 0.706. The highest BCUT2D eigenvalue weighted by Crippen LogP contribution is 2.16. The van der Waals surface area contributed by atoms with E-state index < -0.39 is 0 Å². The van der Waals surface area contributed by atoms with E-state index in [0.717, 1.165) is 36.3 Å². The Labute approximate surface area is 168 Å². The number of halogens is 1. The van der Waals surface area contributed by atoms with Gasteiger partial charge in [0.2, 0.25) is 5.91 Å². The molecule has 0 fully saturated rings. The van der Waals surface area contributed by atoms with Gasteiger partial charge in [-0.3, -0.25) is 4.79 Å². The molecule has 1 heterocycles. The molecular formula is C17H32IN5O2. The van der Waals surface area contributed by atoms with Crippen molar-refractivity contribution in [3.05, 3.63) is 17.0 Å². The van der Waals surface area contributed by atoms with Gasteiger partial charge in [0.15, 0.2) is 5.96 Å². The van der Waals surface area contributed by atoms with Crippen LogP contribution < -0.4 is 10.6 Å². The number of carbonyl (C=O) groups excluding carboxylic acids is 1. The molecule has 1 unspecified atom stereocenters. The van der Waals surface area contributed by atoms with E-state index in [9.17, 15) is 4.79 Å². The lowest BCUT2D eigenvalue weighted by Crippen LogP contribution is -2.45. The van der Waals surface area contributed by atoms with Crippen LogP contribution in [0.25, 0.3) is 0 Å². The Kier molecular flexibility index (Phi) is 11.5. The maximum absolute atomic E-state index is 11.8. The summed E-state index contributed by atoms with van der Waals surface area (Å²) in [5.41, 5.74) is 1.99. The van der Waals surface area contributed by atoms with Crippen LogP contribution in [-0.4, -0.2) is 48.6 Å². The Balaban J connectivity index is 0.00000576. The number of nitrogens with one attached hydrogen (secondary N) is 2. The van der Waals surface area contributed by atoms with E-state index in [0.29, 0.717) is 12.5 Å². The van der Waals surface area contributed by atoms with Crippen LogP contribution in [0.3, 0.4) is 0 Å². The van der Waals surface area contributed by atoms with Crippen molar-refractivity contribution in [2.75, 3.05) is 20.6 Å². The number of hydrogen-bond acceptors (Lipinski definition) is 4. The smallest absolute Gasteiger partial charge is 0.241 e. The van der Waals surface area contributed by atoms with Gasteiger partial charge in [-0.2, -0.15) is 0 Å². The van der Waals surface area contributed by atoms with Crippen LogP contribution in [0.4, 0.5) is 0 Å². The maximum atomic E-state index is 11.8. The summed E-state index contributed by atoms with van der Waals surface area (Å²) in [7, 11) is 3.47. The molecule has 1 rings (SSSR count). The predicted octanol–water partition coefficient (Wildman–Crippen LogP) is 2.34. The summed E-state index contributed by atoms with van der Waals surface area (Å²) in [6.07, 6.45) is 2.57. The molecular weight excluding hydrogens is 433 g/mol. The molecule has 0 saturated carbocycles. The van der Waals surface area contributed by atoms with Crippen LogP contribution in [0, 0.1) is 0 Å². The summed E-state index contributed by atoms with van der Waals surface area (Å²) in [6.45, 7) is 8.97. The van der Waals surface area contributed by atoms with Crippen molar-refractivity contribution in [3.8, 4) is 0 Å². The summed E-state index contributed by atoms with van der Waals surface area (Å²) < 4.78 is 5.38. The number of likely N-dealkylation sites (N-methyl/N-ethyl adjacent to an activating group) is 1. The maximum Gasteiger partial charge on any atom is 0.241 e. The third kappa shape index (κ3) is 7.62. The summed E-state index contributed by atoms with van der Waals surface area (Å²) >= 11 is 0. The second-order valence-electron chi connectivity index (χ2n) is 6.00. The molecule has 1 aromatic rings. The second-order valence-corrected chi connectivity index (χ2v) is 6.00. The molecule has 0 aromatic carbocycles. The number of guanidine groups is 1. The molecule has 144 valence electrons. The number of hydrogen-bond donors (Lipinski definition) is 2.